The molecule has 0 aliphatic carbocycles. The van der Waals surface area contributed by atoms with Crippen LogP contribution in [0.3, 0.4) is 0 Å². The third-order valence-corrected chi connectivity index (χ3v) is 3.58. The molecule has 0 saturated carbocycles. The van der Waals surface area contributed by atoms with Gasteiger partial charge < -0.3 is 4.90 Å². The van der Waals surface area contributed by atoms with E-state index in [1.54, 1.807) is 0 Å². The highest BCUT2D eigenvalue weighted by Gasteiger charge is 2.34. The van der Waals surface area contributed by atoms with E-state index in [9.17, 15) is 13.2 Å². The SMILES string of the molecule is N=C1SCCN1c1ccc(Cl)c(C(F)(F)F)c1. The molecule has 1 aromatic carbocycles. The van der Waals surface area contributed by atoms with Crippen molar-refractivity contribution in [1.29, 1.82) is 5.41 Å². The lowest BCUT2D eigenvalue weighted by molar-refractivity contribution is -0.137. The number of halogens is 4. The van der Waals surface area contributed by atoms with E-state index in [1.165, 1.54) is 28.8 Å². The van der Waals surface area contributed by atoms with Gasteiger partial charge in [0.15, 0.2) is 5.17 Å². The van der Waals surface area contributed by atoms with E-state index in [4.69, 9.17) is 17.0 Å². The molecule has 1 saturated heterocycles. The second-order valence-corrected chi connectivity index (χ2v) is 4.96. The molecule has 1 aliphatic heterocycles. The molecule has 0 unspecified atom stereocenters. The van der Waals surface area contributed by atoms with Gasteiger partial charge in [-0.3, -0.25) is 5.41 Å². The highest BCUT2D eigenvalue weighted by Crippen LogP contribution is 2.37. The maximum Gasteiger partial charge on any atom is 0.417 e. The van der Waals surface area contributed by atoms with Crippen molar-refractivity contribution in [3.63, 3.8) is 0 Å². The van der Waals surface area contributed by atoms with Gasteiger partial charge in [-0.1, -0.05) is 23.4 Å². The van der Waals surface area contributed by atoms with E-state index in [0.717, 1.165) is 6.07 Å². The number of benzene rings is 1. The molecule has 0 aromatic heterocycles. The van der Waals surface area contributed by atoms with Crippen LogP contribution >= 0.6 is 23.4 Å². The largest absolute Gasteiger partial charge is 0.417 e. The standard InChI is InChI=1S/C10H8ClF3N2S/c11-8-2-1-6(5-7(8)10(12,13)14)16-3-4-17-9(16)15/h1-2,5,15H,3-4H2. The van der Waals surface area contributed by atoms with Gasteiger partial charge in [-0.15, -0.1) is 0 Å². The highest BCUT2D eigenvalue weighted by molar-refractivity contribution is 8.14. The zero-order chi connectivity index (χ0) is 12.6. The summed E-state index contributed by atoms with van der Waals surface area (Å²) in [6.45, 7) is 0.544. The van der Waals surface area contributed by atoms with E-state index < -0.39 is 11.7 Å². The number of hydrogen-bond acceptors (Lipinski definition) is 2. The first kappa shape index (κ1) is 12.6. The summed E-state index contributed by atoms with van der Waals surface area (Å²) in [5.74, 6) is 0.711. The second kappa shape index (κ2) is 4.42. The number of rotatable bonds is 1. The Balaban J connectivity index is 2.41. The summed E-state index contributed by atoms with van der Waals surface area (Å²) in [6.07, 6.45) is -4.47. The summed E-state index contributed by atoms with van der Waals surface area (Å²) in [6, 6.07) is 3.71. The van der Waals surface area contributed by atoms with E-state index in [1.807, 2.05) is 0 Å². The summed E-state index contributed by atoms with van der Waals surface area (Å²) in [4.78, 5) is 1.54. The Kier molecular flexibility index (Phi) is 3.27. The molecular formula is C10H8ClF3N2S. The predicted molar refractivity (Wildman–Crippen MR) is 64.0 cm³/mol. The minimum atomic E-state index is -4.47. The fourth-order valence-corrected chi connectivity index (χ4v) is 2.60. The smallest absolute Gasteiger partial charge is 0.321 e. The van der Waals surface area contributed by atoms with Crippen molar-refractivity contribution >= 4 is 34.2 Å². The van der Waals surface area contributed by atoms with Gasteiger partial charge in [-0.25, -0.2) is 0 Å². The predicted octanol–water partition coefficient (Wildman–Crippen LogP) is 3.85. The summed E-state index contributed by atoms with van der Waals surface area (Å²) in [5, 5.41) is 7.54. The second-order valence-electron chi connectivity index (χ2n) is 3.47. The van der Waals surface area contributed by atoms with E-state index in [-0.39, 0.29) is 10.2 Å². The van der Waals surface area contributed by atoms with Gasteiger partial charge in [0.1, 0.15) is 0 Å². The Morgan fingerprint density at radius 1 is 1.35 bits per heavy atom. The van der Waals surface area contributed by atoms with Gasteiger partial charge in [0, 0.05) is 18.0 Å². The molecule has 0 bridgehead atoms. The molecule has 0 radical (unpaired) electrons. The number of hydrogen-bond donors (Lipinski definition) is 1. The molecule has 1 aromatic rings. The van der Waals surface area contributed by atoms with Crippen molar-refractivity contribution in [2.75, 3.05) is 17.2 Å². The van der Waals surface area contributed by atoms with Crippen molar-refractivity contribution in [3.05, 3.63) is 28.8 Å². The monoisotopic (exact) mass is 280 g/mol. The molecular weight excluding hydrogens is 273 g/mol. The number of alkyl halides is 3. The highest BCUT2D eigenvalue weighted by atomic mass is 35.5. The Morgan fingerprint density at radius 2 is 2.06 bits per heavy atom. The lowest BCUT2D eigenvalue weighted by atomic mass is 10.2. The van der Waals surface area contributed by atoms with Gasteiger partial charge in [-0.05, 0) is 18.2 Å². The van der Waals surface area contributed by atoms with Crippen LogP contribution < -0.4 is 4.90 Å². The summed E-state index contributed by atoms with van der Waals surface area (Å²) in [5.41, 5.74) is -0.502. The minimum Gasteiger partial charge on any atom is -0.321 e. The van der Waals surface area contributed by atoms with Crippen LogP contribution in [0.5, 0.6) is 0 Å². The molecule has 1 fully saturated rings. The van der Waals surface area contributed by atoms with E-state index in [0.29, 0.717) is 18.0 Å². The lowest BCUT2D eigenvalue weighted by Crippen LogP contribution is -2.23. The molecule has 1 heterocycles. The summed E-state index contributed by atoms with van der Waals surface area (Å²) < 4.78 is 38.0. The van der Waals surface area contributed by atoms with Crippen LogP contribution in [0.2, 0.25) is 5.02 Å². The molecule has 1 aliphatic rings. The van der Waals surface area contributed by atoms with Gasteiger partial charge in [0.2, 0.25) is 0 Å². The van der Waals surface area contributed by atoms with Crippen LogP contribution in [0.1, 0.15) is 5.56 Å². The van der Waals surface area contributed by atoms with Crippen LogP contribution in [0.25, 0.3) is 0 Å². The molecule has 0 atom stereocenters. The van der Waals surface area contributed by atoms with Gasteiger partial charge >= 0.3 is 6.18 Å². The number of nitrogens with zero attached hydrogens (tertiary/aromatic N) is 1. The fourth-order valence-electron chi connectivity index (χ4n) is 1.56. The third kappa shape index (κ3) is 2.52. The zero-order valence-electron chi connectivity index (χ0n) is 8.51. The first-order valence-corrected chi connectivity index (χ1v) is 6.11. The first-order chi connectivity index (χ1) is 7.89. The van der Waals surface area contributed by atoms with Crippen LogP contribution in [-0.4, -0.2) is 17.5 Å². The van der Waals surface area contributed by atoms with Crippen molar-refractivity contribution < 1.29 is 13.2 Å². The van der Waals surface area contributed by atoms with Gasteiger partial charge in [-0.2, -0.15) is 13.2 Å². The Bertz CT molecular complexity index is 461. The molecule has 92 valence electrons. The molecule has 0 amide bonds. The molecule has 1 N–H and O–H groups in total. The summed E-state index contributed by atoms with van der Waals surface area (Å²) in [7, 11) is 0. The number of anilines is 1. The number of amidine groups is 1. The van der Waals surface area contributed by atoms with Gasteiger partial charge in [0.25, 0.3) is 0 Å². The van der Waals surface area contributed by atoms with Crippen molar-refractivity contribution in [1.82, 2.24) is 0 Å². The third-order valence-electron chi connectivity index (χ3n) is 2.37. The molecule has 2 rings (SSSR count). The maximum absolute atomic E-state index is 12.7. The van der Waals surface area contributed by atoms with Crippen molar-refractivity contribution in [3.8, 4) is 0 Å². The zero-order valence-corrected chi connectivity index (χ0v) is 10.1. The number of thioether (sulfide) groups is 1. The Morgan fingerprint density at radius 3 is 2.59 bits per heavy atom. The fraction of sp³-hybridized carbons (Fsp3) is 0.300. The Hall–Kier alpha value is -0.880. The maximum atomic E-state index is 12.7. The molecule has 7 heteroatoms. The minimum absolute atomic E-state index is 0.264. The van der Waals surface area contributed by atoms with Crippen LogP contribution in [0.4, 0.5) is 18.9 Å². The van der Waals surface area contributed by atoms with Crippen molar-refractivity contribution in [2.45, 2.75) is 6.18 Å². The number of nitrogens with one attached hydrogen (secondary N) is 1. The topological polar surface area (TPSA) is 27.1 Å². The quantitative estimate of drug-likeness (QED) is 0.846. The van der Waals surface area contributed by atoms with Gasteiger partial charge in [0.05, 0.1) is 10.6 Å². The van der Waals surface area contributed by atoms with Crippen LogP contribution in [0.15, 0.2) is 18.2 Å². The molecule has 0 spiro atoms. The summed E-state index contributed by atoms with van der Waals surface area (Å²) >= 11 is 6.84. The Labute approximate surface area is 105 Å². The van der Waals surface area contributed by atoms with Crippen LogP contribution in [-0.2, 0) is 6.18 Å². The first-order valence-electron chi connectivity index (χ1n) is 4.75. The van der Waals surface area contributed by atoms with Crippen LogP contribution in [0, 0.1) is 5.41 Å². The average molecular weight is 281 g/mol. The normalized spacial score (nSPS) is 16.7. The van der Waals surface area contributed by atoms with E-state index >= 15 is 0 Å². The lowest BCUT2D eigenvalue weighted by Gasteiger charge is -2.19. The molecule has 2 nitrogen and oxygen atoms in total. The molecule has 17 heavy (non-hydrogen) atoms. The van der Waals surface area contributed by atoms with Crippen molar-refractivity contribution in [2.24, 2.45) is 0 Å². The average Bonchev–Trinajstić information content (AvgIpc) is 2.63. The van der Waals surface area contributed by atoms with E-state index in [2.05, 4.69) is 0 Å².